The van der Waals surface area contributed by atoms with Crippen molar-refractivity contribution >= 4 is 11.9 Å². The second kappa shape index (κ2) is 68.8. The lowest BCUT2D eigenvalue weighted by molar-refractivity contribution is -0.143. The van der Waals surface area contributed by atoms with E-state index in [0.29, 0.717) is 25.9 Å². The third-order valence-corrected chi connectivity index (χ3v) is 17.0. The van der Waals surface area contributed by atoms with E-state index in [1.165, 1.54) is 321 Å². The minimum absolute atomic E-state index is 0.00897. The van der Waals surface area contributed by atoms with Gasteiger partial charge < -0.3 is 20.3 Å². The van der Waals surface area contributed by atoms with Gasteiger partial charge in [-0.1, -0.05) is 366 Å². The molecule has 0 rings (SSSR count). The highest BCUT2D eigenvalue weighted by atomic mass is 16.5. The van der Waals surface area contributed by atoms with E-state index in [1.807, 2.05) is 0 Å². The fourth-order valence-corrected chi connectivity index (χ4v) is 11.5. The van der Waals surface area contributed by atoms with Gasteiger partial charge in [-0.2, -0.15) is 0 Å². The molecule has 0 spiro atoms. The number of allylic oxidation sites excluding steroid dienone is 4. The second-order valence-electron chi connectivity index (χ2n) is 24.9. The summed E-state index contributed by atoms with van der Waals surface area (Å²) in [5, 5.41) is 23.2. The van der Waals surface area contributed by atoms with Gasteiger partial charge in [-0.3, -0.25) is 9.59 Å². The Morgan fingerprint density at radius 1 is 0.354 bits per heavy atom. The maximum atomic E-state index is 12.5. The van der Waals surface area contributed by atoms with Gasteiger partial charge in [0.15, 0.2) is 0 Å². The third kappa shape index (κ3) is 65.4. The number of carbonyl (C=O) groups is 2. The first-order valence-electron chi connectivity index (χ1n) is 36.1. The number of aliphatic hydroxyl groups excluding tert-OH is 2. The molecule has 6 nitrogen and oxygen atoms in total. The Kier molecular flexibility index (Phi) is 67.4. The number of nitrogens with one attached hydrogen (secondary N) is 1. The Bertz CT molecular complexity index is 1230. The summed E-state index contributed by atoms with van der Waals surface area (Å²) in [5.74, 6) is -0.0195. The molecule has 0 fully saturated rings. The van der Waals surface area contributed by atoms with Gasteiger partial charge in [0.1, 0.15) is 0 Å². The molecule has 0 bridgehead atoms. The predicted molar refractivity (Wildman–Crippen MR) is 347 cm³/mol. The Labute approximate surface area is 494 Å². The van der Waals surface area contributed by atoms with E-state index in [0.717, 1.165) is 51.4 Å². The van der Waals surface area contributed by atoms with Crippen molar-refractivity contribution in [3.63, 3.8) is 0 Å². The van der Waals surface area contributed by atoms with Crippen LogP contribution in [0.15, 0.2) is 24.3 Å². The number of amides is 1. The maximum Gasteiger partial charge on any atom is 0.305 e. The molecule has 0 aliphatic rings. The van der Waals surface area contributed by atoms with Gasteiger partial charge in [-0.25, -0.2) is 0 Å². The molecule has 0 aliphatic heterocycles. The Balaban J connectivity index is 3.26. The summed E-state index contributed by atoms with van der Waals surface area (Å²) in [6, 6.07) is -0.534. The molecular formula is C73H141NO5. The summed E-state index contributed by atoms with van der Waals surface area (Å²) in [6.45, 7) is 4.90. The van der Waals surface area contributed by atoms with E-state index in [4.69, 9.17) is 4.74 Å². The highest BCUT2D eigenvalue weighted by Crippen LogP contribution is 2.19. The van der Waals surface area contributed by atoms with E-state index in [2.05, 4.69) is 43.5 Å². The third-order valence-electron chi connectivity index (χ3n) is 17.0. The Morgan fingerprint density at radius 3 is 1.01 bits per heavy atom. The van der Waals surface area contributed by atoms with Crippen molar-refractivity contribution in [1.29, 1.82) is 0 Å². The Hall–Kier alpha value is -1.66. The van der Waals surface area contributed by atoms with Gasteiger partial charge in [0, 0.05) is 12.8 Å². The lowest BCUT2D eigenvalue weighted by Gasteiger charge is -2.22. The van der Waals surface area contributed by atoms with Gasteiger partial charge in [-0.15, -0.1) is 0 Å². The molecule has 6 heteroatoms. The molecule has 0 saturated carbocycles. The molecule has 0 aromatic carbocycles. The summed E-state index contributed by atoms with van der Waals surface area (Å²) >= 11 is 0. The van der Waals surface area contributed by atoms with Crippen molar-refractivity contribution in [1.82, 2.24) is 5.32 Å². The molecule has 0 radical (unpaired) electrons. The zero-order chi connectivity index (χ0) is 57.1. The maximum absolute atomic E-state index is 12.5. The summed E-state index contributed by atoms with van der Waals surface area (Å²) < 4.78 is 5.48. The zero-order valence-electron chi connectivity index (χ0n) is 53.6. The first kappa shape index (κ1) is 77.3. The predicted octanol–water partition coefficient (Wildman–Crippen LogP) is 23.3. The van der Waals surface area contributed by atoms with Gasteiger partial charge in [0.2, 0.25) is 5.91 Å². The number of rotatable bonds is 68. The standard InChI is InChI=1S/C73H141NO5/c1-3-5-7-9-11-13-15-43-47-51-55-59-63-67-73(78)79-68-64-60-56-52-48-45-42-40-38-36-34-32-30-28-26-24-22-20-18-16-17-19-21-23-25-27-29-31-33-35-37-39-41-44-46-50-54-58-62-66-72(77)74-70(69-75)71(76)65-61-57-53-49-14-12-10-8-6-4-2/h7,9,13,15,70-71,75-76H,3-6,8,10-12,14,16-69H2,1-2H3,(H,74,77)/b9-7-,15-13-. The fourth-order valence-electron chi connectivity index (χ4n) is 11.5. The van der Waals surface area contributed by atoms with Crippen LogP contribution in [-0.4, -0.2) is 47.4 Å². The monoisotopic (exact) mass is 1110 g/mol. The summed E-state index contributed by atoms with van der Waals surface area (Å²) in [7, 11) is 0. The van der Waals surface area contributed by atoms with Crippen LogP contribution >= 0.6 is 0 Å². The normalized spacial score (nSPS) is 12.6. The molecule has 79 heavy (non-hydrogen) atoms. The lowest BCUT2D eigenvalue weighted by atomic mass is 10.0. The molecule has 3 N–H and O–H groups in total. The number of aliphatic hydroxyl groups is 2. The van der Waals surface area contributed by atoms with Crippen LogP contribution in [0.3, 0.4) is 0 Å². The summed E-state index contributed by atoms with van der Waals surface area (Å²) in [4.78, 5) is 24.5. The molecule has 2 atom stereocenters. The minimum atomic E-state index is -0.657. The molecule has 0 aromatic rings. The fraction of sp³-hybridized carbons (Fsp3) is 0.918. The van der Waals surface area contributed by atoms with Crippen molar-refractivity contribution in [2.45, 2.75) is 418 Å². The SMILES string of the molecule is CCC/C=C\C/C=C\CCCCCCCC(=O)OCCCCCCCCCCCCCCCCCCCCCCCCCCCCCCCCCCCCCCCCCC(=O)NC(CO)C(O)CCCCCCCCCCCC. The second-order valence-corrected chi connectivity index (χ2v) is 24.9. The van der Waals surface area contributed by atoms with E-state index < -0.39 is 12.1 Å². The van der Waals surface area contributed by atoms with Crippen molar-refractivity contribution in [2.75, 3.05) is 13.2 Å². The van der Waals surface area contributed by atoms with Crippen LogP contribution in [0.5, 0.6) is 0 Å². The number of hydrogen-bond acceptors (Lipinski definition) is 5. The van der Waals surface area contributed by atoms with Crippen molar-refractivity contribution in [2.24, 2.45) is 0 Å². The van der Waals surface area contributed by atoms with E-state index in [-0.39, 0.29) is 18.5 Å². The Morgan fingerprint density at radius 2 is 0.658 bits per heavy atom. The van der Waals surface area contributed by atoms with Crippen LogP contribution in [-0.2, 0) is 14.3 Å². The number of esters is 1. The molecule has 0 aromatic heterocycles. The topological polar surface area (TPSA) is 95.9 Å². The summed E-state index contributed by atoms with van der Waals surface area (Å²) in [5.41, 5.74) is 0. The van der Waals surface area contributed by atoms with Crippen LogP contribution in [0, 0.1) is 0 Å². The number of carbonyl (C=O) groups excluding carboxylic acids is 2. The molecule has 0 heterocycles. The lowest BCUT2D eigenvalue weighted by Crippen LogP contribution is -2.45. The zero-order valence-corrected chi connectivity index (χ0v) is 53.6. The highest BCUT2D eigenvalue weighted by molar-refractivity contribution is 5.76. The van der Waals surface area contributed by atoms with Crippen LogP contribution in [0.1, 0.15) is 406 Å². The van der Waals surface area contributed by atoms with E-state index in [1.54, 1.807) is 0 Å². The summed E-state index contributed by atoms with van der Waals surface area (Å²) in [6.07, 6.45) is 87.0. The van der Waals surface area contributed by atoms with Crippen molar-refractivity contribution in [3.8, 4) is 0 Å². The van der Waals surface area contributed by atoms with Crippen molar-refractivity contribution in [3.05, 3.63) is 24.3 Å². The van der Waals surface area contributed by atoms with Crippen LogP contribution < -0.4 is 5.32 Å². The molecule has 1 amide bonds. The quantitative estimate of drug-likeness (QED) is 0.0320. The van der Waals surface area contributed by atoms with Gasteiger partial charge in [0.05, 0.1) is 25.4 Å². The average molecular weight is 1110 g/mol. The van der Waals surface area contributed by atoms with Crippen LogP contribution in [0.25, 0.3) is 0 Å². The first-order chi connectivity index (χ1) is 39.0. The number of unbranched alkanes of at least 4 members (excludes halogenated alkanes) is 53. The van der Waals surface area contributed by atoms with Gasteiger partial charge >= 0.3 is 5.97 Å². The molecule has 0 aliphatic carbocycles. The smallest absolute Gasteiger partial charge is 0.305 e. The molecule has 2 unspecified atom stereocenters. The van der Waals surface area contributed by atoms with Gasteiger partial charge in [-0.05, 0) is 51.4 Å². The highest BCUT2D eigenvalue weighted by Gasteiger charge is 2.20. The van der Waals surface area contributed by atoms with Crippen LogP contribution in [0.4, 0.5) is 0 Å². The van der Waals surface area contributed by atoms with E-state index >= 15 is 0 Å². The number of ether oxygens (including phenoxy) is 1. The van der Waals surface area contributed by atoms with Gasteiger partial charge in [0.25, 0.3) is 0 Å². The molecular weight excluding hydrogens is 971 g/mol. The number of hydrogen-bond donors (Lipinski definition) is 3. The minimum Gasteiger partial charge on any atom is -0.466 e. The van der Waals surface area contributed by atoms with Crippen LogP contribution in [0.2, 0.25) is 0 Å². The first-order valence-corrected chi connectivity index (χ1v) is 36.1. The van der Waals surface area contributed by atoms with Crippen molar-refractivity contribution < 1.29 is 24.5 Å². The van der Waals surface area contributed by atoms with E-state index in [9.17, 15) is 19.8 Å². The molecule has 468 valence electrons. The average Bonchev–Trinajstić information content (AvgIpc) is 3.45. The molecule has 0 saturated heterocycles. The largest absolute Gasteiger partial charge is 0.466 e.